The number of hydrogen-bond donors (Lipinski definition) is 3. The third kappa shape index (κ3) is 3.94. The predicted molar refractivity (Wildman–Crippen MR) is 118 cm³/mol. The van der Waals surface area contributed by atoms with Gasteiger partial charge in [0.15, 0.2) is 0 Å². The van der Waals surface area contributed by atoms with Gasteiger partial charge in [-0.3, -0.25) is 4.84 Å². The first-order valence-corrected chi connectivity index (χ1v) is 12.8. The van der Waals surface area contributed by atoms with Gasteiger partial charge < -0.3 is 10.6 Å². The van der Waals surface area contributed by atoms with Crippen molar-refractivity contribution in [3.63, 3.8) is 0 Å². The van der Waals surface area contributed by atoms with E-state index in [2.05, 4.69) is 36.0 Å². The average molecular weight is 415 g/mol. The lowest BCUT2D eigenvalue weighted by Crippen LogP contribution is -2.58. The first-order chi connectivity index (χ1) is 14.6. The topological polar surface area (TPSA) is 69.1 Å². The van der Waals surface area contributed by atoms with Crippen LogP contribution in [0.25, 0.3) is 0 Å². The van der Waals surface area contributed by atoms with Gasteiger partial charge in [-0.15, -0.1) is 0 Å². The molecule has 2 saturated carbocycles. The maximum Gasteiger partial charge on any atom is 0.0961 e. The molecule has 5 rings (SSSR count). The Balaban J connectivity index is 1.26. The molecule has 7 unspecified atom stereocenters. The summed E-state index contributed by atoms with van der Waals surface area (Å²) in [5, 5.41) is 17.1. The van der Waals surface area contributed by atoms with Crippen LogP contribution in [0, 0.1) is 52.3 Å². The molecule has 7 atom stereocenters. The minimum Gasteiger partial charge on any atom is -0.316 e. The first kappa shape index (κ1) is 21.2. The van der Waals surface area contributed by atoms with E-state index in [9.17, 15) is 5.26 Å². The van der Waals surface area contributed by atoms with Crippen molar-refractivity contribution in [1.29, 1.82) is 5.26 Å². The van der Waals surface area contributed by atoms with Crippen LogP contribution in [0.15, 0.2) is 0 Å². The van der Waals surface area contributed by atoms with Crippen molar-refractivity contribution in [2.24, 2.45) is 40.9 Å². The van der Waals surface area contributed by atoms with Crippen molar-refractivity contribution in [2.45, 2.75) is 89.8 Å². The van der Waals surface area contributed by atoms with Crippen LogP contribution in [0.1, 0.15) is 71.6 Å². The standard InChI is InChI=1S/C25H42N4O/c1-25(2,15-26)19-8-5-16(6-9-19)24-23-20-12-17(18-4-3-11-27-13-18)7-10-21(20)28-14-22(23)30-29-24/h16-24,27-29H,3-14H2,1-2H3. The molecule has 3 heterocycles. The molecule has 0 aromatic heterocycles. The highest BCUT2D eigenvalue weighted by molar-refractivity contribution is 5.06. The Morgan fingerprint density at radius 3 is 2.47 bits per heavy atom. The molecule has 0 aromatic carbocycles. The van der Waals surface area contributed by atoms with E-state index in [1.807, 2.05) is 0 Å². The highest BCUT2D eigenvalue weighted by Crippen LogP contribution is 2.49. The number of hydroxylamine groups is 1. The summed E-state index contributed by atoms with van der Waals surface area (Å²) in [5.74, 6) is 4.47. The molecule has 0 radical (unpaired) electrons. The fraction of sp³-hybridized carbons (Fsp3) is 0.960. The Labute approximate surface area is 183 Å². The summed E-state index contributed by atoms with van der Waals surface area (Å²) >= 11 is 0. The van der Waals surface area contributed by atoms with Gasteiger partial charge in [-0.2, -0.15) is 10.7 Å². The molecule has 0 bridgehead atoms. The molecule has 5 nitrogen and oxygen atoms in total. The Bertz CT molecular complexity index is 632. The maximum atomic E-state index is 9.55. The van der Waals surface area contributed by atoms with Crippen LogP contribution in [0.3, 0.4) is 0 Å². The first-order valence-electron chi connectivity index (χ1n) is 12.8. The smallest absolute Gasteiger partial charge is 0.0961 e. The van der Waals surface area contributed by atoms with Gasteiger partial charge in [0.2, 0.25) is 0 Å². The molecular weight excluding hydrogens is 372 g/mol. The molecule has 0 amide bonds. The van der Waals surface area contributed by atoms with E-state index in [1.165, 1.54) is 70.9 Å². The van der Waals surface area contributed by atoms with Gasteiger partial charge in [-0.05, 0) is 114 Å². The van der Waals surface area contributed by atoms with Crippen molar-refractivity contribution in [2.75, 3.05) is 19.6 Å². The summed E-state index contributed by atoms with van der Waals surface area (Å²) in [6, 6.07) is 3.77. The fourth-order valence-electron chi connectivity index (χ4n) is 7.87. The van der Waals surface area contributed by atoms with Crippen molar-refractivity contribution < 1.29 is 4.84 Å². The lowest BCUT2D eigenvalue weighted by Gasteiger charge is -2.49. The normalized spacial score (nSPS) is 47.2. The Morgan fingerprint density at radius 1 is 0.933 bits per heavy atom. The minimum atomic E-state index is -0.183. The van der Waals surface area contributed by atoms with Crippen LogP contribution in [0.4, 0.5) is 0 Å². The van der Waals surface area contributed by atoms with Gasteiger partial charge in [0.05, 0.1) is 17.6 Å². The van der Waals surface area contributed by atoms with Gasteiger partial charge in [-0.25, -0.2) is 0 Å². The van der Waals surface area contributed by atoms with Crippen LogP contribution in [0.2, 0.25) is 0 Å². The van der Waals surface area contributed by atoms with Crippen LogP contribution >= 0.6 is 0 Å². The van der Waals surface area contributed by atoms with Crippen LogP contribution in [-0.2, 0) is 4.84 Å². The van der Waals surface area contributed by atoms with E-state index in [1.54, 1.807) is 0 Å². The highest BCUT2D eigenvalue weighted by Gasteiger charge is 2.52. The summed E-state index contributed by atoms with van der Waals surface area (Å²) in [7, 11) is 0. The number of nitrogens with zero attached hydrogens (tertiary/aromatic N) is 1. The molecule has 5 heteroatoms. The van der Waals surface area contributed by atoms with E-state index < -0.39 is 0 Å². The number of fused-ring (bicyclic) bond motifs is 3. The van der Waals surface area contributed by atoms with Crippen LogP contribution in [0.5, 0.6) is 0 Å². The van der Waals surface area contributed by atoms with E-state index >= 15 is 0 Å². The molecule has 5 aliphatic rings. The molecule has 168 valence electrons. The average Bonchev–Trinajstić information content (AvgIpc) is 3.24. The summed E-state index contributed by atoms with van der Waals surface area (Å²) in [6.07, 6.45) is 12.2. The summed E-state index contributed by atoms with van der Waals surface area (Å²) < 4.78 is 0. The van der Waals surface area contributed by atoms with E-state index in [-0.39, 0.29) is 5.41 Å². The molecular formula is C25H42N4O. The predicted octanol–water partition coefficient (Wildman–Crippen LogP) is 3.62. The van der Waals surface area contributed by atoms with Crippen molar-refractivity contribution in [3.8, 4) is 6.07 Å². The monoisotopic (exact) mass is 414 g/mol. The number of hydrogen-bond acceptors (Lipinski definition) is 5. The van der Waals surface area contributed by atoms with Gasteiger partial charge in [0.25, 0.3) is 0 Å². The number of rotatable bonds is 3. The Morgan fingerprint density at radius 2 is 1.73 bits per heavy atom. The molecule has 0 aromatic rings. The van der Waals surface area contributed by atoms with E-state index in [0.717, 1.165) is 24.3 Å². The van der Waals surface area contributed by atoms with Gasteiger partial charge >= 0.3 is 0 Å². The molecule has 3 saturated heterocycles. The maximum absolute atomic E-state index is 9.55. The van der Waals surface area contributed by atoms with E-state index in [0.29, 0.717) is 35.9 Å². The minimum absolute atomic E-state index is 0.183. The van der Waals surface area contributed by atoms with Crippen LogP contribution in [-0.4, -0.2) is 37.8 Å². The zero-order valence-electron chi connectivity index (χ0n) is 19.0. The van der Waals surface area contributed by atoms with E-state index in [4.69, 9.17) is 4.84 Å². The van der Waals surface area contributed by atoms with Crippen LogP contribution < -0.4 is 16.1 Å². The molecule has 0 spiro atoms. The zero-order valence-corrected chi connectivity index (χ0v) is 19.0. The number of nitriles is 1. The second-order valence-electron chi connectivity index (χ2n) is 11.7. The number of piperidine rings is 2. The highest BCUT2D eigenvalue weighted by atomic mass is 16.7. The quantitative estimate of drug-likeness (QED) is 0.658. The summed E-state index contributed by atoms with van der Waals surface area (Å²) in [6.45, 7) is 7.73. The Hall–Kier alpha value is -0.670. The Kier molecular flexibility index (Phi) is 6.14. The zero-order chi connectivity index (χ0) is 20.7. The molecule has 2 aliphatic carbocycles. The van der Waals surface area contributed by atoms with Crippen molar-refractivity contribution in [1.82, 2.24) is 16.1 Å². The van der Waals surface area contributed by atoms with Gasteiger partial charge in [-0.1, -0.05) is 0 Å². The molecule has 3 N–H and O–H groups in total. The van der Waals surface area contributed by atoms with Crippen molar-refractivity contribution in [3.05, 3.63) is 0 Å². The lowest BCUT2D eigenvalue weighted by molar-refractivity contribution is -0.0212. The molecule has 3 aliphatic heterocycles. The second-order valence-corrected chi connectivity index (χ2v) is 11.7. The SMILES string of the molecule is CC(C)(C#N)C1CCC(C2NOC3CNC4CCC(C5CCCNC5)CC4C32)CC1. The molecule has 30 heavy (non-hydrogen) atoms. The summed E-state index contributed by atoms with van der Waals surface area (Å²) in [5.41, 5.74) is 3.36. The summed E-state index contributed by atoms with van der Waals surface area (Å²) in [4.78, 5) is 6.19. The third-order valence-corrected chi connectivity index (χ3v) is 9.81. The third-order valence-electron chi connectivity index (χ3n) is 9.81. The van der Waals surface area contributed by atoms with Crippen molar-refractivity contribution >= 4 is 0 Å². The molecule has 5 fully saturated rings. The lowest BCUT2D eigenvalue weighted by atomic mass is 9.60. The fourth-order valence-corrected chi connectivity index (χ4v) is 7.87. The van der Waals surface area contributed by atoms with Gasteiger partial charge in [0.1, 0.15) is 0 Å². The number of nitrogens with one attached hydrogen (secondary N) is 3. The van der Waals surface area contributed by atoms with Gasteiger partial charge in [0, 0.05) is 24.5 Å². The second kappa shape index (κ2) is 8.70. The largest absolute Gasteiger partial charge is 0.316 e.